The smallest absolute Gasteiger partial charge is 0.256 e. The molecule has 174 valence electrons. The van der Waals surface area contributed by atoms with Crippen molar-refractivity contribution in [3.05, 3.63) is 89.2 Å². The molecule has 0 saturated carbocycles. The van der Waals surface area contributed by atoms with E-state index in [1.165, 1.54) is 12.1 Å². The third-order valence-corrected chi connectivity index (χ3v) is 6.51. The van der Waals surface area contributed by atoms with Gasteiger partial charge in [-0.05, 0) is 30.3 Å². The van der Waals surface area contributed by atoms with Crippen LogP contribution in [0.5, 0.6) is 0 Å². The van der Waals surface area contributed by atoms with Gasteiger partial charge in [0.25, 0.3) is 5.91 Å². The maximum absolute atomic E-state index is 14.2. The average molecular weight is 487 g/mol. The first-order chi connectivity index (χ1) is 17.1. The normalized spacial score (nSPS) is 14.1. The number of carbonyl (C=O) groups excluding carboxylic acids is 1. The number of hydrogen-bond donors (Lipinski definition) is 0. The minimum atomic E-state index is -0.508. The van der Waals surface area contributed by atoms with E-state index in [4.69, 9.17) is 16.6 Å². The standard InChI is InChI=1S/C26H20ClFN6O/c27-18-10-11-20-22(16-18)29-26(34-23(30-31-24(20)34)17-6-2-1-3-7-17)33-14-12-32(13-15-33)25(35)19-8-4-5-9-21(19)28/h1-11,16H,12-15H2. The Morgan fingerprint density at radius 2 is 1.63 bits per heavy atom. The second-order valence-electron chi connectivity index (χ2n) is 8.38. The van der Waals surface area contributed by atoms with Crippen LogP contribution < -0.4 is 4.90 Å². The second-order valence-corrected chi connectivity index (χ2v) is 8.82. The van der Waals surface area contributed by atoms with E-state index in [2.05, 4.69) is 15.1 Å². The van der Waals surface area contributed by atoms with Crippen LogP contribution in [0, 0.1) is 5.82 Å². The van der Waals surface area contributed by atoms with Crippen LogP contribution in [0.15, 0.2) is 72.8 Å². The van der Waals surface area contributed by atoms with Gasteiger partial charge in [-0.15, -0.1) is 10.2 Å². The molecule has 1 aliphatic rings. The van der Waals surface area contributed by atoms with Crippen molar-refractivity contribution in [3.63, 3.8) is 0 Å². The van der Waals surface area contributed by atoms with Gasteiger partial charge >= 0.3 is 0 Å². The molecule has 6 rings (SSSR count). The van der Waals surface area contributed by atoms with E-state index in [9.17, 15) is 9.18 Å². The molecule has 1 aliphatic heterocycles. The Hall–Kier alpha value is -4.04. The van der Waals surface area contributed by atoms with Gasteiger partial charge in [-0.3, -0.25) is 4.79 Å². The van der Waals surface area contributed by atoms with Crippen LogP contribution in [-0.2, 0) is 0 Å². The predicted octanol–water partition coefficient (Wildman–Crippen LogP) is 4.70. The van der Waals surface area contributed by atoms with Gasteiger partial charge in [0.15, 0.2) is 11.5 Å². The molecule has 2 aromatic heterocycles. The number of nitrogens with zero attached hydrogens (tertiary/aromatic N) is 6. The quantitative estimate of drug-likeness (QED) is 0.370. The first-order valence-electron chi connectivity index (χ1n) is 11.3. The van der Waals surface area contributed by atoms with Crippen molar-refractivity contribution < 1.29 is 9.18 Å². The van der Waals surface area contributed by atoms with Crippen LogP contribution in [0.4, 0.5) is 10.3 Å². The molecule has 0 spiro atoms. The monoisotopic (exact) mass is 486 g/mol. The summed E-state index contributed by atoms with van der Waals surface area (Å²) in [5.41, 5.74) is 2.42. The number of halogens is 2. The number of rotatable bonds is 3. The number of carbonyl (C=O) groups is 1. The number of amides is 1. The summed E-state index contributed by atoms with van der Waals surface area (Å²) in [5, 5.41) is 10.4. The van der Waals surface area contributed by atoms with Crippen molar-refractivity contribution in [3.8, 4) is 11.4 Å². The summed E-state index contributed by atoms with van der Waals surface area (Å²) in [6.45, 7) is 1.93. The Labute approximate surface area is 205 Å². The largest absolute Gasteiger partial charge is 0.338 e. The molecule has 0 aliphatic carbocycles. The maximum Gasteiger partial charge on any atom is 0.256 e. The zero-order valence-corrected chi connectivity index (χ0v) is 19.4. The SMILES string of the molecule is O=C(c1ccccc1F)N1CCN(c2nc3cc(Cl)ccc3c3nnc(-c4ccccc4)n23)CC1. The lowest BCUT2D eigenvalue weighted by Crippen LogP contribution is -2.49. The fraction of sp³-hybridized carbons (Fsp3) is 0.154. The predicted molar refractivity (Wildman–Crippen MR) is 133 cm³/mol. The van der Waals surface area contributed by atoms with Crippen LogP contribution in [-0.4, -0.2) is 56.6 Å². The van der Waals surface area contributed by atoms with Crippen molar-refractivity contribution in [1.82, 2.24) is 24.5 Å². The van der Waals surface area contributed by atoms with Crippen molar-refractivity contribution in [1.29, 1.82) is 0 Å². The molecule has 1 fully saturated rings. The van der Waals surface area contributed by atoms with Crippen molar-refractivity contribution in [2.24, 2.45) is 0 Å². The van der Waals surface area contributed by atoms with Gasteiger partial charge in [0.05, 0.1) is 11.1 Å². The number of aromatic nitrogens is 4. The summed E-state index contributed by atoms with van der Waals surface area (Å²) in [7, 11) is 0. The van der Waals surface area contributed by atoms with Crippen molar-refractivity contribution in [2.75, 3.05) is 31.1 Å². The lowest BCUT2D eigenvalue weighted by molar-refractivity contribution is 0.0741. The van der Waals surface area contributed by atoms with Gasteiger partial charge in [0.1, 0.15) is 5.82 Å². The van der Waals surface area contributed by atoms with Crippen LogP contribution in [0.25, 0.3) is 27.9 Å². The van der Waals surface area contributed by atoms with Crippen LogP contribution in [0.2, 0.25) is 5.02 Å². The number of benzene rings is 3. The minimum absolute atomic E-state index is 0.0898. The number of anilines is 1. The summed E-state index contributed by atoms with van der Waals surface area (Å²) in [5.74, 6) is 0.550. The Bertz CT molecular complexity index is 1560. The molecule has 0 N–H and O–H groups in total. The summed E-state index contributed by atoms with van der Waals surface area (Å²) >= 11 is 6.26. The minimum Gasteiger partial charge on any atom is -0.338 e. The second kappa shape index (κ2) is 8.63. The van der Waals surface area contributed by atoms with Crippen LogP contribution in [0.3, 0.4) is 0 Å². The van der Waals surface area contributed by atoms with Gasteiger partial charge in [0, 0.05) is 42.2 Å². The Morgan fingerprint density at radius 3 is 2.40 bits per heavy atom. The highest BCUT2D eigenvalue weighted by Gasteiger charge is 2.27. The fourth-order valence-corrected chi connectivity index (χ4v) is 4.66. The Balaban J connectivity index is 1.40. The first-order valence-corrected chi connectivity index (χ1v) is 11.7. The van der Waals surface area contributed by atoms with E-state index >= 15 is 0 Å². The zero-order chi connectivity index (χ0) is 23.9. The molecule has 0 unspecified atom stereocenters. The van der Waals surface area contributed by atoms with Gasteiger partial charge in [-0.2, -0.15) is 0 Å². The van der Waals surface area contributed by atoms with Gasteiger partial charge in [-0.25, -0.2) is 13.8 Å². The highest BCUT2D eigenvalue weighted by atomic mass is 35.5. The maximum atomic E-state index is 14.2. The van der Waals surface area contributed by atoms with Crippen LogP contribution in [0.1, 0.15) is 10.4 Å². The molecule has 3 heterocycles. The Morgan fingerprint density at radius 1 is 0.886 bits per heavy atom. The summed E-state index contributed by atoms with van der Waals surface area (Å²) < 4.78 is 16.1. The van der Waals surface area contributed by atoms with E-state index < -0.39 is 5.82 Å². The van der Waals surface area contributed by atoms with E-state index in [0.29, 0.717) is 48.6 Å². The molecule has 9 heteroatoms. The number of hydrogen-bond acceptors (Lipinski definition) is 5. The topological polar surface area (TPSA) is 66.6 Å². The molecule has 7 nitrogen and oxygen atoms in total. The molecular weight excluding hydrogens is 467 g/mol. The van der Waals surface area contributed by atoms with Crippen molar-refractivity contribution in [2.45, 2.75) is 0 Å². The molecule has 1 amide bonds. The molecular formula is C26H20ClFN6O. The van der Waals surface area contributed by atoms with E-state index in [1.807, 2.05) is 52.9 Å². The summed E-state index contributed by atoms with van der Waals surface area (Å²) in [6.07, 6.45) is 0. The van der Waals surface area contributed by atoms with E-state index in [0.717, 1.165) is 16.5 Å². The molecule has 3 aromatic carbocycles. The van der Waals surface area contributed by atoms with E-state index in [1.54, 1.807) is 17.0 Å². The first kappa shape index (κ1) is 21.5. The summed E-state index contributed by atoms with van der Waals surface area (Å²) in [6, 6.07) is 21.4. The molecule has 0 bridgehead atoms. The van der Waals surface area contributed by atoms with Crippen LogP contribution >= 0.6 is 11.6 Å². The number of piperazine rings is 1. The molecule has 35 heavy (non-hydrogen) atoms. The average Bonchev–Trinajstić information content (AvgIpc) is 3.34. The molecule has 1 saturated heterocycles. The van der Waals surface area contributed by atoms with Crippen molar-refractivity contribution >= 4 is 40.0 Å². The fourth-order valence-electron chi connectivity index (χ4n) is 4.49. The molecule has 5 aromatic rings. The lowest BCUT2D eigenvalue weighted by atomic mass is 10.1. The van der Waals surface area contributed by atoms with Gasteiger partial charge in [-0.1, -0.05) is 54.1 Å². The third kappa shape index (κ3) is 3.76. The third-order valence-electron chi connectivity index (χ3n) is 6.27. The van der Waals surface area contributed by atoms with Gasteiger partial charge < -0.3 is 9.80 Å². The highest BCUT2D eigenvalue weighted by molar-refractivity contribution is 6.31. The lowest BCUT2D eigenvalue weighted by Gasteiger charge is -2.35. The summed E-state index contributed by atoms with van der Waals surface area (Å²) in [4.78, 5) is 21.6. The van der Waals surface area contributed by atoms with E-state index in [-0.39, 0.29) is 11.5 Å². The number of fused-ring (bicyclic) bond motifs is 3. The molecule has 0 atom stereocenters. The van der Waals surface area contributed by atoms with Gasteiger partial charge in [0.2, 0.25) is 5.95 Å². The zero-order valence-electron chi connectivity index (χ0n) is 18.6. The molecule has 0 radical (unpaired) electrons. The highest BCUT2D eigenvalue weighted by Crippen LogP contribution is 2.30. The Kier molecular flexibility index (Phi) is 5.30.